The number of piperazine rings is 1. The van der Waals surface area contributed by atoms with Gasteiger partial charge in [0, 0.05) is 43.7 Å². The Balaban J connectivity index is 1.71. The fourth-order valence-electron chi connectivity index (χ4n) is 2.99. The lowest BCUT2D eigenvalue weighted by Crippen LogP contribution is -2.48. The predicted octanol–water partition coefficient (Wildman–Crippen LogP) is 3.82. The zero-order chi connectivity index (χ0) is 19.2. The quantitative estimate of drug-likeness (QED) is 0.783. The molecule has 1 saturated heterocycles. The van der Waals surface area contributed by atoms with Gasteiger partial charge in [0.2, 0.25) is 23.4 Å². The summed E-state index contributed by atoms with van der Waals surface area (Å²) in [5, 5.41) is 10.0. The number of hydrogen-bond donors (Lipinski definition) is 0. The number of carbonyl (C=O) groups is 1. The minimum atomic E-state index is 0.179. The minimum Gasteiger partial charge on any atom is -0.420 e. The van der Waals surface area contributed by atoms with Crippen molar-refractivity contribution in [1.29, 1.82) is 5.26 Å². The second kappa shape index (κ2) is 8.74. The Morgan fingerprint density at radius 3 is 2.70 bits per heavy atom. The Labute approximate surface area is 163 Å². The molecule has 1 aliphatic rings. The zero-order valence-corrected chi connectivity index (χ0v) is 15.9. The predicted molar refractivity (Wildman–Crippen MR) is 105 cm³/mol. The number of oxazole rings is 1. The second-order valence-corrected chi connectivity index (χ2v) is 6.70. The van der Waals surface area contributed by atoms with Gasteiger partial charge in [-0.2, -0.15) is 10.2 Å². The van der Waals surface area contributed by atoms with Gasteiger partial charge in [-0.05, 0) is 24.1 Å². The molecule has 0 N–H and O–H groups in total. The Bertz CT molecular complexity index is 876. The lowest BCUT2D eigenvalue weighted by molar-refractivity contribution is -0.131. The van der Waals surface area contributed by atoms with E-state index in [0.717, 1.165) is 12.0 Å². The average Bonchev–Trinajstić information content (AvgIpc) is 3.11. The third kappa shape index (κ3) is 4.50. The maximum absolute atomic E-state index is 12.0. The summed E-state index contributed by atoms with van der Waals surface area (Å²) in [5.41, 5.74) is 1.10. The van der Waals surface area contributed by atoms with Crippen molar-refractivity contribution >= 4 is 35.5 Å². The van der Waals surface area contributed by atoms with Gasteiger partial charge in [-0.3, -0.25) is 4.79 Å². The molecule has 3 rings (SSSR count). The topological polar surface area (TPSA) is 73.4 Å². The summed E-state index contributed by atoms with van der Waals surface area (Å²) < 4.78 is 5.81. The van der Waals surface area contributed by atoms with Crippen LogP contribution < -0.4 is 4.90 Å². The van der Waals surface area contributed by atoms with E-state index >= 15 is 0 Å². The van der Waals surface area contributed by atoms with Crippen LogP contribution in [-0.2, 0) is 4.79 Å². The van der Waals surface area contributed by atoms with E-state index in [1.165, 1.54) is 0 Å². The molecule has 1 aliphatic heterocycles. The number of amides is 1. The smallest absolute Gasteiger partial charge is 0.235 e. The standard InChI is InChI=1S/C20H21ClN4O2/c1-2-5-19(26)24-10-12-25(13-11-24)20-17(14-22)23-18(27-20)9-8-15-6-3-4-7-16(15)21/h3-4,6-9H,2,5,10-13H2,1H3. The van der Waals surface area contributed by atoms with Crippen LogP contribution in [0.2, 0.25) is 5.02 Å². The first-order valence-electron chi connectivity index (χ1n) is 8.98. The van der Waals surface area contributed by atoms with Crippen LogP contribution in [0.25, 0.3) is 12.2 Å². The number of hydrogen-bond acceptors (Lipinski definition) is 5. The number of halogens is 1. The molecular weight excluding hydrogens is 364 g/mol. The molecule has 140 valence electrons. The number of nitrogens with zero attached hydrogens (tertiary/aromatic N) is 4. The molecule has 7 heteroatoms. The number of benzene rings is 1. The highest BCUT2D eigenvalue weighted by Gasteiger charge is 2.25. The van der Waals surface area contributed by atoms with E-state index in [0.29, 0.717) is 49.4 Å². The van der Waals surface area contributed by atoms with Gasteiger partial charge in [-0.1, -0.05) is 36.7 Å². The summed E-state index contributed by atoms with van der Waals surface area (Å²) in [6.07, 6.45) is 4.93. The van der Waals surface area contributed by atoms with Crippen molar-refractivity contribution in [3.63, 3.8) is 0 Å². The fourth-order valence-corrected chi connectivity index (χ4v) is 3.19. The molecule has 0 aliphatic carbocycles. The summed E-state index contributed by atoms with van der Waals surface area (Å²) in [7, 11) is 0. The van der Waals surface area contributed by atoms with Gasteiger partial charge in [0.15, 0.2) is 0 Å². The van der Waals surface area contributed by atoms with Gasteiger partial charge in [-0.25, -0.2) is 0 Å². The molecule has 1 amide bonds. The highest BCUT2D eigenvalue weighted by atomic mass is 35.5. The third-order valence-electron chi connectivity index (χ3n) is 4.43. The van der Waals surface area contributed by atoms with Crippen LogP contribution in [0.4, 0.5) is 5.88 Å². The third-order valence-corrected chi connectivity index (χ3v) is 4.77. The summed E-state index contributed by atoms with van der Waals surface area (Å²) in [6.45, 7) is 4.48. The van der Waals surface area contributed by atoms with E-state index in [1.807, 2.05) is 41.0 Å². The maximum Gasteiger partial charge on any atom is 0.235 e. The molecule has 0 atom stereocenters. The number of anilines is 1. The largest absolute Gasteiger partial charge is 0.420 e. The van der Waals surface area contributed by atoms with Crippen molar-refractivity contribution in [1.82, 2.24) is 9.88 Å². The number of aromatic nitrogens is 1. The molecule has 27 heavy (non-hydrogen) atoms. The molecular formula is C20H21ClN4O2. The first kappa shape index (κ1) is 19.0. The van der Waals surface area contributed by atoms with E-state index in [-0.39, 0.29) is 11.6 Å². The molecule has 0 bridgehead atoms. The molecule has 0 spiro atoms. The van der Waals surface area contributed by atoms with Crippen LogP contribution in [0, 0.1) is 11.3 Å². The van der Waals surface area contributed by atoms with E-state index in [9.17, 15) is 10.1 Å². The zero-order valence-electron chi connectivity index (χ0n) is 15.2. The Morgan fingerprint density at radius 1 is 1.30 bits per heavy atom. The first-order chi connectivity index (χ1) is 13.1. The highest BCUT2D eigenvalue weighted by Crippen LogP contribution is 2.25. The van der Waals surface area contributed by atoms with Crippen molar-refractivity contribution < 1.29 is 9.21 Å². The van der Waals surface area contributed by atoms with Gasteiger partial charge in [-0.15, -0.1) is 0 Å². The summed E-state index contributed by atoms with van der Waals surface area (Å²) in [6, 6.07) is 9.55. The highest BCUT2D eigenvalue weighted by molar-refractivity contribution is 6.32. The normalized spacial score (nSPS) is 14.6. The van der Waals surface area contributed by atoms with Gasteiger partial charge in [0.25, 0.3) is 0 Å². The molecule has 2 heterocycles. The fraction of sp³-hybridized carbons (Fsp3) is 0.350. The van der Waals surface area contributed by atoms with E-state index < -0.39 is 0 Å². The van der Waals surface area contributed by atoms with E-state index in [2.05, 4.69) is 11.1 Å². The van der Waals surface area contributed by atoms with Gasteiger partial charge in [0.05, 0.1) is 0 Å². The molecule has 0 radical (unpaired) electrons. The summed E-state index contributed by atoms with van der Waals surface area (Å²) in [5.74, 6) is 0.989. The number of carbonyl (C=O) groups excluding carboxylic acids is 1. The van der Waals surface area contributed by atoms with Crippen LogP contribution in [0.5, 0.6) is 0 Å². The van der Waals surface area contributed by atoms with Crippen LogP contribution in [0.3, 0.4) is 0 Å². The van der Waals surface area contributed by atoms with Crippen molar-refractivity contribution in [2.75, 3.05) is 31.1 Å². The Hall–Kier alpha value is -2.78. The molecule has 0 saturated carbocycles. The summed E-state index contributed by atoms with van der Waals surface area (Å²) >= 11 is 6.14. The molecule has 1 aromatic heterocycles. The van der Waals surface area contributed by atoms with Crippen LogP contribution in [0.1, 0.15) is 36.9 Å². The van der Waals surface area contributed by atoms with E-state index in [4.69, 9.17) is 16.0 Å². The molecule has 1 fully saturated rings. The average molecular weight is 385 g/mol. The van der Waals surface area contributed by atoms with Crippen molar-refractivity contribution in [2.24, 2.45) is 0 Å². The van der Waals surface area contributed by atoms with Crippen molar-refractivity contribution in [3.05, 3.63) is 46.4 Å². The van der Waals surface area contributed by atoms with Crippen molar-refractivity contribution in [3.8, 4) is 6.07 Å². The Morgan fingerprint density at radius 2 is 2.04 bits per heavy atom. The monoisotopic (exact) mass is 384 g/mol. The molecule has 2 aromatic rings. The van der Waals surface area contributed by atoms with Gasteiger partial charge in [0.1, 0.15) is 6.07 Å². The maximum atomic E-state index is 12.0. The molecule has 0 unspecified atom stereocenters. The molecule has 6 nitrogen and oxygen atoms in total. The number of nitriles is 1. The van der Waals surface area contributed by atoms with Gasteiger partial charge < -0.3 is 14.2 Å². The van der Waals surface area contributed by atoms with E-state index in [1.54, 1.807) is 12.2 Å². The molecule has 1 aromatic carbocycles. The minimum absolute atomic E-state index is 0.179. The van der Waals surface area contributed by atoms with Crippen LogP contribution >= 0.6 is 11.6 Å². The Kier molecular flexibility index (Phi) is 6.15. The second-order valence-electron chi connectivity index (χ2n) is 6.29. The van der Waals surface area contributed by atoms with Crippen molar-refractivity contribution in [2.45, 2.75) is 19.8 Å². The lowest BCUT2D eigenvalue weighted by atomic mass is 10.2. The SMILES string of the molecule is CCCC(=O)N1CCN(c2oc(C=Cc3ccccc3Cl)nc2C#N)CC1. The lowest BCUT2D eigenvalue weighted by Gasteiger charge is -2.34. The van der Waals surface area contributed by atoms with Crippen LogP contribution in [-0.4, -0.2) is 42.0 Å². The summed E-state index contributed by atoms with van der Waals surface area (Å²) in [4.78, 5) is 20.1. The first-order valence-corrected chi connectivity index (χ1v) is 9.36. The van der Waals surface area contributed by atoms with Crippen LogP contribution in [0.15, 0.2) is 28.7 Å². The van der Waals surface area contributed by atoms with Gasteiger partial charge >= 0.3 is 0 Å². The number of rotatable bonds is 5.